The zero-order valence-electron chi connectivity index (χ0n) is 12.3. The summed E-state index contributed by atoms with van der Waals surface area (Å²) >= 11 is 3.57. The van der Waals surface area contributed by atoms with Gasteiger partial charge in [-0.1, -0.05) is 27.7 Å². The molecule has 1 aromatic heterocycles. The van der Waals surface area contributed by atoms with E-state index in [0.29, 0.717) is 11.5 Å². The van der Waals surface area contributed by atoms with Crippen molar-refractivity contribution in [1.82, 2.24) is 15.1 Å². The molecule has 1 aromatic rings. The lowest BCUT2D eigenvalue weighted by molar-refractivity contribution is 0.254. The Morgan fingerprint density at radius 3 is 2.56 bits per heavy atom. The average molecular weight is 316 g/mol. The zero-order chi connectivity index (χ0) is 13.8. The van der Waals surface area contributed by atoms with Crippen LogP contribution in [0.1, 0.15) is 46.2 Å². The number of aromatic nitrogens is 2. The Labute approximate surface area is 119 Å². The lowest BCUT2D eigenvalue weighted by Gasteiger charge is -2.32. The molecule has 0 aliphatic carbocycles. The maximum atomic E-state index is 4.27. The van der Waals surface area contributed by atoms with E-state index >= 15 is 0 Å². The molecule has 0 bridgehead atoms. The summed E-state index contributed by atoms with van der Waals surface area (Å²) in [6.07, 6.45) is 5.25. The Morgan fingerprint density at radius 2 is 2.11 bits per heavy atom. The highest BCUT2D eigenvalue weighted by Crippen LogP contribution is 2.25. The molecule has 1 rings (SSSR count). The Hall–Kier alpha value is -0.350. The van der Waals surface area contributed by atoms with Gasteiger partial charge in [-0.25, -0.2) is 0 Å². The number of nitrogens with zero attached hydrogens (tertiary/aromatic N) is 2. The van der Waals surface area contributed by atoms with Gasteiger partial charge in [-0.05, 0) is 47.2 Å². The summed E-state index contributed by atoms with van der Waals surface area (Å²) in [5.74, 6) is 0. The lowest BCUT2D eigenvalue weighted by atomic mass is 9.83. The van der Waals surface area contributed by atoms with Gasteiger partial charge in [0.25, 0.3) is 0 Å². The van der Waals surface area contributed by atoms with Crippen molar-refractivity contribution in [1.29, 1.82) is 0 Å². The van der Waals surface area contributed by atoms with Crippen molar-refractivity contribution in [2.24, 2.45) is 12.5 Å². The minimum Gasteiger partial charge on any atom is -0.313 e. The quantitative estimate of drug-likeness (QED) is 0.870. The monoisotopic (exact) mass is 315 g/mol. The number of rotatable bonds is 6. The molecular weight excluding hydrogens is 290 g/mol. The van der Waals surface area contributed by atoms with Gasteiger partial charge < -0.3 is 5.32 Å². The molecule has 0 aliphatic rings. The number of halogens is 1. The molecule has 1 atom stereocenters. The van der Waals surface area contributed by atoms with Crippen LogP contribution < -0.4 is 5.32 Å². The first-order chi connectivity index (χ1) is 8.36. The van der Waals surface area contributed by atoms with E-state index < -0.39 is 0 Å². The van der Waals surface area contributed by atoms with Gasteiger partial charge in [-0.2, -0.15) is 5.10 Å². The van der Waals surface area contributed by atoms with Gasteiger partial charge in [0.05, 0.1) is 16.4 Å². The van der Waals surface area contributed by atoms with Crippen molar-refractivity contribution in [3.05, 3.63) is 16.4 Å². The van der Waals surface area contributed by atoms with Crippen molar-refractivity contribution in [2.45, 2.75) is 53.0 Å². The molecule has 0 fully saturated rings. The van der Waals surface area contributed by atoms with Crippen molar-refractivity contribution >= 4 is 15.9 Å². The summed E-state index contributed by atoms with van der Waals surface area (Å²) in [6.45, 7) is 10.2. The van der Waals surface area contributed by atoms with E-state index in [1.54, 1.807) is 0 Å². The second-order valence-corrected chi connectivity index (χ2v) is 6.83. The van der Waals surface area contributed by atoms with Crippen LogP contribution in [-0.2, 0) is 13.5 Å². The van der Waals surface area contributed by atoms with E-state index in [0.717, 1.165) is 23.9 Å². The summed E-state index contributed by atoms with van der Waals surface area (Å²) < 4.78 is 3.08. The molecule has 18 heavy (non-hydrogen) atoms. The smallest absolute Gasteiger partial charge is 0.0635 e. The molecule has 1 N–H and O–H groups in total. The molecular formula is C14H26BrN3. The van der Waals surface area contributed by atoms with Crippen molar-refractivity contribution < 1.29 is 0 Å². The number of aryl methyl sites for hydroxylation is 1. The molecule has 104 valence electrons. The van der Waals surface area contributed by atoms with Crippen molar-refractivity contribution in [3.63, 3.8) is 0 Å². The number of hydrogen-bond donors (Lipinski definition) is 1. The number of hydrogen-bond acceptors (Lipinski definition) is 2. The van der Waals surface area contributed by atoms with Crippen LogP contribution >= 0.6 is 15.9 Å². The van der Waals surface area contributed by atoms with E-state index in [1.807, 2.05) is 17.9 Å². The molecule has 1 heterocycles. The first-order valence-corrected chi connectivity index (χ1v) is 7.55. The Balaban J connectivity index is 2.62. The molecule has 4 heteroatoms. The highest BCUT2D eigenvalue weighted by Gasteiger charge is 2.24. The molecule has 0 saturated carbocycles. The molecule has 0 aromatic carbocycles. The lowest BCUT2D eigenvalue weighted by Crippen LogP contribution is -2.41. The van der Waals surface area contributed by atoms with Gasteiger partial charge in [-0.3, -0.25) is 4.68 Å². The van der Waals surface area contributed by atoms with Crippen molar-refractivity contribution in [3.8, 4) is 0 Å². The van der Waals surface area contributed by atoms with Crippen molar-refractivity contribution in [2.75, 3.05) is 6.54 Å². The standard InChI is InChI=1S/C14H26BrN3/c1-6-9-16-13(14(2,3)4)8-7-12-11(15)10-17-18(12)5/h10,13,16H,6-9H2,1-5H3. The topological polar surface area (TPSA) is 29.9 Å². The minimum absolute atomic E-state index is 0.292. The third kappa shape index (κ3) is 4.39. The highest BCUT2D eigenvalue weighted by atomic mass is 79.9. The van der Waals surface area contributed by atoms with Gasteiger partial charge in [0.1, 0.15) is 0 Å². The third-order valence-electron chi connectivity index (χ3n) is 3.37. The second kappa shape index (κ2) is 6.71. The van der Waals surface area contributed by atoms with Gasteiger partial charge in [0.2, 0.25) is 0 Å². The largest absolute Gasteiger partial charge is 0.313 e. The summed E-state index contributed by atoms with van der Waals surface area (Å²) in [7, 11) is 2.01. The summed E-state index contributed by atoms with van der Waals surface area (Å²) in [6, 6.07) is 0.541. The fraction of sp³-hybridized carbons (Fsp3) is 0.786. The van der Waals surface area contributed by atoms with Crippen LogP contribution in [0.25, 0.3) is 0 Å². The summed E-state index contributed by atoms with van der Waals surface area (Å²) in [4.78, 5) is 0. The Kier molecular flexibility index (Phi) is 5.86. The van der Waals surface area contributed by atoms with Crippen LogP contribution in [0.5, 0.6) is 0 Å². The summed E-state index contributed by atoms with van der Waals surface area (Å²) in [5.41, 5.74) is 1.57. The fourth-order valence-electron chi connectivity index (χ4n) is 2.16. The SMILES string of the molecule is CCCNC(CCc1c(Br)cnn1C)C(C)(C)C. The second-order valence-electron chi connectivity index (χ2n) is 5.97. The molecule has 0 saturated heterocycles. The first-order valence-electron chi connectivity index (χ1n) is 6.76. The highest BCUT2D eigenvalue weighted by molar-refractivity contribution is 9.10. The van der Waals surface area contributed by atoms with E-state index in [9.17, 15) is 0 Å². The molecule has 1 unspecified atom stereocenters. The van der Waals surface area contributed by atoms with Crippen LogP contribution in [-0.4, -0.2) is 22.4 Å². The van der Waals surface area contributed by atoms with E-state index in [2.05, 4.69) is 54.0 Å². The predicted molar refractivity (Wildman–Crippen MR) is 80.8 cm³/mol. The molecule has 0 amide bonds. The average Bonchev–Trinajstić information content (AvgIpc) is 2.58. The van der Waals surface area contributed by atoms with Gasteiger partial charge in [0, 0.05) is 13.1 Å². The van der Waals surface area contributed by atoms with Gasteiger partial charge >= 0.3 is 0 Å². The molecule has 0 radical (unpaired) electrons. The summed E-state index contributed by atoms with van der Waals surface area (Å²) in [5, 5.41) is 7.93. The molecule has 0 aliphatic heterocycles. The normalized spacial score (nSPS) is 13.9. The number of nitrogens with one attached hydrogen (secondary N) is 1. The van der Waals surface area contributed by atoms with Crippen LogP contribution in [0.3, 0.4) is 0 Å². The zero-order valence-corrected chi connectivity index (χ0v) is 13.8. The van der Waals surface area contributed by atoms with E-state index in [1.165, 1.54) is 12.1 Å². The van der Waals surface area contributed by atoms with Crippen LogP contribution in [0.15, 0.2) is 10.7 Å². The maximum absolute atomic E-state index is 4.27. The Morgan fingerprint density at radius 1 is 1.44 bits per heavy atom. The first kappa shape index (κ1) is 15.7. The third-order valence-corrected chi connectivity index (χ3v) is 4.03. The minimum atomic E-state index is 0.292. The molecule has 3 nitrogen and oxygen atoms in total. The Bertz CT molecular complexity index is 346. The van der Waals surface area contributed by atoms with Crippen LogP contribution in [0.4, 0.5) is 0 Å². The van der Waals surface area contributed by atoms with E-state index in [-0.39, 0.29) is 0 Å². The molecule has 0 spiro atoms. The maximum Gasteiger partial charge on any atom is 0.0635 e. The van der Waals surface area contributed by atoms with Crippen LogP contribution in [0, 0.1) is 5.41 Å². The predicted octanol–water partition coefficient (Wildman–Crippen LogP) is 3.53. The van der Waals surface area contributed by atoms with E-state index in [4.69, 9.17) is 0 Å². The van der Waals surface area contributed by atoms with Gasteiger partial charge in [-0.15, -0.1) is 0 Å². The van der Waals surface area contributed by atoms with Gasteiger partial charge in [0.15, 0.2) is 0 Å². The van der Waals surface area contributed by atoms with Crippen LogP contribution in [0.2, 0.25) is 0 Å². The fourth-order valence-corrected chi connectivity index (χ4v) is 2.70.